The minimum absolute atomic E-state index is 0.0781. The maximum atomic E-state index is 10.9. The molecule has 98 valence electrons. The topological polar surface area (TPSA) is 63.4 Å². The largest absolute Gasteiger partial charge is 0.508 e. The van der Waals surface area contributed by atoms with Gasteiger partial charge in [0.1, 0.15) is 5.75 Å². The van der Waals surface area contributed by atoms with E-state index in [2.05, 4.69) is 15.9 Å². The number of phenolic OH excluding ortho intramolecular Hbond substituents is 1. The summed E-state index contributed by atoms with van der Waals surface area (Å²) in [5.41, 5.74) is 1.37. The average molecular weight is 322 g/mol. The Balaban J connectivity index is 2.47. The van der Waals surface area contributed by atoms with Crippen molar-refractivity contribution in [2.45, 2.75) is 5.92 Å². The van der Waals surface area contributed by atoms with E-state index in [1.807, 2.05) is 24.3 Å². The Morgan fingerprint density at radius 2 is 1.95 bits per heavy atom. The van der Waals surface area contributed by atoms with E-state index in [-0.39, 0.29) is 17.2 Å². The third-order valence-electron chi connectivity index (χ3n) is 2.89. The molecule has 0 amide bonds. The second kappa shape index (κ2) is 5.84. The van der Waals surface area contributed by atoms with Crippen molar-refractivity contribution in [3.63, 3.8) is 0 Å². The first-order valence-corrected chi connectivity index (χ1v) is 6.52. The molecule has 1 N–H and O–H groups in total. The highest BCUT2D eigenvalue weighted by Gasteiger charge is 2.22. The molecule has 2 rings (SSSR count). The van der Waals surface area contributed by atoms with Gasteiger partial charge in [0.15, 0.2) is 0 Å². The van der Waals surface area contributed by atoms with Crippen molar-refractivity contribution in [2.75, 3.05) is 6.54 Å². The minimum Gasteiger partial charge on any atom is -0.508 e. The molecule has 0 aliphatic rings. The Morgan fingerprint density at radius 1 is 1.21 bits per heavy atom. The predicted molar refractivity (Wildman–Crippen MR) is 76.0 cm³/mol. The van der Waals surface area contributed by atoms with E-state index < -0.39 is 5.92 Å². The number of hydrogen-bond donors (Lipinski definition) is 1. The van der Waals surface area contributed by atoms with Crippen molar-refractivity contribution in [3.05, 3.63) is 74.2 Å². The summed E-state index contributed by atoms with van der Waals surface area (Å²) in [6, 6.07) is 14.1. The quantitative estimate of drug-likeness (QED) is 0.691. The summed E-state index contributed by atoms with van der Waals surface area (Å²) in [7, 11) is 0. The van der Waals surface area contributed by atoms with E-state index in [0.29, 0.717) is 5.56 Å². The second-order valence-corrected chi connectivity index (χ2v) is 5.10. The summed E-state index contributed by atoms with van der Waals surface area (Å²) in [6.07, 6.45) is 0. The number of benzene rings is 2. The molecule has 2 aromatic carbocycles. The van der Waals surface area contributed by atoms with Crippen LogP contribution in [0.15, 0.2) is 53.0 Å². The van der Waals surface area contributed by atoms with Gasteiger partial charge < -0.3 is 5.11 Å². The van der Waals surface area contributed by atoms with Gasteiger partial charge in [-0.1, -0.05) is 46.3 Å². The summed E-state index contributed by atoms with van der Waals surface area (Å²) in [4.78, 5) is 10.5. The van der Waals surface area contributed by atoms with Gasteiger partial charge in [-0.2, -0.15) is 0 Å². The third kappa shape index (κ3) is 3.32. The van der Waals surface area contributed by atoms with Gasteiger partial charge in [0.05, 0.1) is 5.92 Å². The van der Waals surface area contributed by atoms with Crippen LogP contribution < -0.4 is 0 Å². The molecule has 0 saturated heterocycles. The summed E-state index contributed by atoms with van der Waals surface area (Å²) in [6.45, 7) is -0.256. The Labute approximate surface area is 119 Å². The summed E-state index contributed by atoms with van der Waals surface area (Å²) >= 11 is 3.36. The minimum atomic E-state index is -0.464. The Bertz CT molecular complexity index is 601. The smallest absolute Gasteiger partial charge is 0.214 e. The molecule has 0 aliphatic heterocycles. The molecule has 0 fully saturated rings. The Kier molecular flexibility index (Phi) is 4.16. The Hall–Kier alpha value is -1.88. The van der Waals surface area contributed by atoms with Crippen LogP contribution in [0, 0.1) is 10.1 Å². The van der Waals surface area contributed by atoms with E-state index in [4.69, 9.17) is 0 Å². The first-order valence-electron chi connectivity index (χ1n) is 5.73. The van der Waals surface area contributed by atoms with Crippen LogP contribution in [0.3, 0.4) is 0 Å². The number of para-hydroxylation sites is 1. The standard InChI is InChI=1S/C14H12BrNO3/c15-11-5-3-4-10(8-11)13(9-16(18)19)12-6-1-2-7-14(12)17/h1-8,13,17H,9H2. The van der Waals surface area contributed by atoms with Crippen molar-refractivity contribution < 1.29 is 10.0 Å². The number of phenols is 1. The second-order valence-electron chi connectivity index (χ2n) is 4.18. The maximum absolute atomic E-state index is 10.9. The number of halogens is 1. The maximum Gasteiger partial charge on any atom is 0.214 e. The van der Waals surface area contributed by atoms with Crippen LogP contribution >= 0.6 is 15.9 Å². The van der Waals surface area contributed by atoms with E-state index in [1.54, 1.807) is 24.3 Å². The van der Waals surface area contributed by atoms with Gasteiger partial charge in [0.25, 0.3) is 0 Å². The Morgan fingerprint density at radius 3 is 2.58 bits per heavy atom. The molecule has 5 heteroatoms. The van der Waals surface area contributed by atoms with Crippen LogP contribution in [-0.4, -0.2) is 16.6 Å². The molecule has 4 nitrogen and oxygen atoms in total. The number of rotatable bonds is 4. The molecule has 1 atom stereocenters. The van der Waals surface area contributed by atoms with Crippen molar-refractivity contribution in [3.8, 4) is 5.75 Å². The molecule has 2 aromatic rings. The zero-order chi connectivity index (χ0) is 13.8. The van der Waals surface area contributed by atoms with Gasteiger partial charge in [0.2, 0.25) is 6.54 Å². The van der Waals surface area contributed by atoms with E-state index in [1.165, 1.54) is 0 Å². The highest BCUT2D eigenvalue weighted by molar-refractivity contribution is 9.10. The fraction of sp³-hybridized carbons (Fsp3) is 0.143. The van der Waals surface area contributed by atoms with Gasteiger partial charge in [-0.3, -0.25) is 10.1 Å². The fourth-order valence-electron chi connectivity index (χ4n) is 2.04. The highest BCUT2D eigenvalue weighted by Crippen LogP contribution is 2.32. The van der Waals surface area contributed by atoms with Gasteiger partial charge in [-0.05, 0) is 23.8 Å². The van der Waals surface area contributed by atoms with Crippen molar-refractivity contribution >= 4 is 15.9 Å². The molecule has 0 aromatic heterocycles. The molecule has 0 heterocycles. The first-order chi connectivity index (χ1) is 9.08. The summed E-state index contributed by atoms with van der Waals surface area (Å²) < 4.78 is 0.855. The molecule has 0 bridgehead atoms. The number of nitrogens with zero attached hydrogens (tertiary/aromatic N) is 1. The highest BCUT2D eigenvalue weighted by atomic mass is 79.9. The first kappa shape index (κ1) is 13.5. The van der Waals surface area contributed by atoms with Crippen molar-refractivity contribution in [2.24, 2.45) is 0 Å². The molecular weight excluding hydrogens is 310 g/mol. The van der Waals surface area contributed by atoms with Crippen LogP contribution in [-0.2, 0) is 0 Å². The van der Waals surface area contributed by atoms with Crippen LogP contribution in [0.1, 0.15) is 17.0 Å². The van der Waals surface area contributed by atoms with Crippen molar-refractivity contribution in [1.29, 1.82) is 0 Å². The third-order valence-corrected chi connectivity index (χ3v) is 3.39. The van der Waals surface area contributed by atoms with Crippen LogP contribution in [0.2, 0.25) is 0 Å². The molecule has 0 saturated carbocycles. The lowest BCUT2D eigenvalue weighted by Crippen LogP contribution is -2.14. The van der Waals surface area contributed by atoms with E-state index in [0.717, 1.165) is 10.0 Å². The molecule has 0 aliphatic carbocycles. The zero-order valence-corrected chi connectivity index (χ0v) is 11.6. The summed E-state index contributed by atoms with van der Waals surface area (Å²) in [5.74, 6) is -0.386. The molecule has 0 spiro atoms. The monoisotopic (exact) mass is 321 g/mol. The van der Waals surface area contributed by atoms with Crippen molar-refractivity contribution in [1.82, 2.24) is 0 Å². The molecule has 0 radical (unpaired) electrons. The molecule has 19 heavy (non-hydrogen) atoms. The van der Waals surface area contributed by atoms with E-state index in [9.17, 15) is 15.2 Å². The lowest BCUT2D eigenvalue weighted by atomic mass is 9.91. The SMILES string of the molecule is O=[N+]([O-])CC(c1cccc(Br)c1)c1ccccc1O. The van der Waals surface area contributed by atoms with Gasteiger partial charge in [-0.25, -0.2) is 0 Å². The molecular formula is C14H12BrNO3. The number of aromatic hydroxyl groups is 1. The average Bonchev–Trinajstić information content (AvgIpc) is 2.37. The zero-order valence-electron chi connectivity index (χ0n) is 9.99. The fourth-order valence-corrected chi connectivity index (χ4v) is 2.45. The lowest BCUT2D eigenvalue weighted by molar-refractivity contribution is -0.481. The number of nitro groups is 1. The van der Waals surface area contributed by atoms with Crippen LogP contribution in [0.4, 0.5) is 0 Å². The normalized spacial score (nSPS) is 12.1. The summed E-state index contributed by atoms with van der Waals surface area (Å²) in [5, 5.41) is 20.8. The van der Waals surface area contributed by atoms with Crippen LogP contribution in [0.25, 0.3) is 0 Å². The predicted octanol–water partition coefficient (Wildman–Crippen LogP) is 3.56. The molecule has 1 unspecified atom stereocenters. The van der Waals surface area contributed by atoms with Crippen LogP contribution in [0.5, 0.6) is 5.75 Å². The van der Waals surface area contributed by atoms with Gasteiger partial charge >= 0.3 is 0 Å². The van der Waals surface area contributed by atoms with E-state index >= 15 is 0 Å². The van der Waals surface area contributed by atoms with Gasteiger partial charge in [-0.15, -0.1) is 0 Å². The lowest BCUT2D eigenvalue weighted by Gasteiger charge is -2.15. The van der Waals surface area contributed by atoms with Gasteiger partial charge in [0, 0.05) is 15.0 Å². The number of hydrogen-bond acceptors (Lipinski definition) is 3.